The second kappa shape index (κ2) is 7.47. The first kappa shape index (κ1) is 18.0. The van der Waals surface area contributed by atoms with Gasteiger partial charge in [-0.2, -0.15) is 0 Å². The van der Waals surface area contributed by atoms with Crippen molar-refractivity contribution in [1.82, 2.24) is 0 Å². The Labute approximate surface area is 140 Å². The van der Waals surface area contributed by atoms with Crippen molar-refractivity contribution in [1.29, 1.82) is 0 Å². The number of non-ortho nitro benzene ring substituents is 1. The molecule has 7 nitrogen and oxygen atoms in total. The van der Waals surface area contributed by atoms with E-state index in [1.807, 2.05) is 0 Å². The quantitative estimate of drug-likeness (QED) is 0.490. The van der Waals surface area contributed by atoms with Gasteiger partial charge in [0.15, 0.2) is 24.0 Å². The van der Waals surface area contributed by atoms with Crippen LogP contribution in [-0.2, 0) is 4.79 Å². The summed E-state index contributed by atoms with van der Waals surface area (Å²) in [6, 6.07) is 6.18. The van der Waals surface area contributed by atoms with Gasteiger partial charge in [-0.3, -0.25) is 19.7 Å². The molecular weight excluding hydrogens is 338 g/mol. The van der Waals surface area contributed by atoms with Crippen LogP contribution in [0.5, 0.6) is 5.75 Å². The standard InChI is InChI=1S/C16H12F2N2O5/c1-9(16(22)19-11-2-4-13(17)14(18)7-11)25-15-5-3-12(20(23)24)6-10(15)8-21/h2-9H,1H3,(H,19,22)/t9-/m0/s1. The molecule has 0 unspecified atom stereocenters. The Kier molecular flexibility index (Phi) is 5.38. The monoisotopic (exact) mass is 350 g/mol. The number of nitrogens with zero attached hydrogens (tertiary/aromatic N) is 1. The molecule has 2 aromatic carbocycles. The van der Waals surface area contributed by atoms with Gasteiger partial charge in [0, 0.05) is 23.9 Å². The van der Waals surface area contributed by atoms with Gasteiger partial charge in [-0.15, -0.1) is 0 Å². The summed E-state index contributed by atoms with van der Waals surface area (Å²) in [5.41, 5.74) is -0.367. The van der Waals surface area contributed by atoms with Crippen LogP contribution in [-0.4, -0.2) is 23.2 Å². The number of carbonyl (C=O) groups excluding carboxylic acids is 2. The number of aldehydes is 1. The number of nitro groups is 1. The summed E-state index contributed by atoms with van der Waals surface area (Å²) in [5, 5.41) is 13.0. The molecule has 2 rings (SSSR count). The van der Waals surface area contributed by atoms with E-state index in [2.05, 4.69) is 5.32 Å². The van der Waals surface area contributed by atoms with E-state index >= 15 is 0 Å². The van der Waals surface area contributed by atoms with Crippen molar-refractivity contribution >= 4 is 23.6 Å². The molecular formula is C16H12F2N2O5. The number of nitrogens with one attached hydrogen (secondary N) is 1. The van der Waals surface area contributed by atoms with Gasteiger partial charge in [0.25, 0.3) is 11.6 Å². The van der Waals surface area contributed by atoms with Crippen LogP contribution in [0.3, 0.4) is 0 Å². The molecule has 0 aliphatic heterocycles. The topological polar surface area (TPSA) is 98.5 Å². The van der Waals surface area contributed by atoms with Crippen LogP contribution in [0.2, 0.25) is 0 Å². The molecule has 0 aliphatic carbocycles. The first-order valence-electron chi connectivity index (χ1n) is 6.98. The molecule has 130 valence electrons. The molecule has 2 aromatic rings. The third kappa shape index (κ3) is 4.34. The van der Waals surface area contributed by atoms with E-state index < -0.39 is 28.6 Å². The largest absolute Gasteiger partial charge is 0.480 e. The summed E-state index contributed by atoms with van der Waals surface area (Å²) in [5.74, 6) is -2.87. The SMILES string of the molecule is C[C@H](Oc1ccc([N+](=O)[O-])cc1C=O)C(=O)Nc1ccc(F)c(F)c1. The molecule has 9 heteroatoms. The average Bonchev–Trinajstić information content (AvgIpc) is 2.58. The number of anilines is 1. The molecule has 25 heavy (non-hydrogen) atoms. The molecule has 0 radical (unpaired) electrons. The van der Waals surface area contributed by atoms with E-state index in [4.69, 9.17) is 4.74 Å². The van der Waals surface area contributed by atoms with Crippen LogP contribution >= 0.6 is 0 Å². The predicted molar refractivity (Wildman–Crippen MR) is 83.6 cm³/mol. The van der Waals surface area contributed by atoms with E-state index in [0.717, 1.165) is 24.3 Å². The number of nitro benzene ring substituents is 1. The number of halogens is 2. The zero-order valence-corrected chi connectivity index (χ0v) is 12.9. The Morgan fingerprint density at radius 2 is 1.96 bits per heavy atom. The fourth-order valence-corrected chi connectivity index (χ4v) is 1.91. The Bertz CT molecular complexity index is 841. The minimum Gasteiger partial charge on any atom is -0.480 e. The number of ether oxygens (including phenoxy) is 1. The Morgan fingerprint density at radius 1 is 1.24 bits per heavy atom. The molecule has 1 amide bonds. The summed E-state index contributed by atoms with van der Waals surface area (Å²) >= 11 is 0. The highest BCUT2D eigenvalue weighted by molar-refractivity contribution is 5.94. The summed E-state index contributed by atoms with van der Waals surface area (Å²) in [4.78, 5) is 33.1. The fourth-order valence-electron chi connectivity index (χ4n) is 1.91. The van der Waals surface area contributed by atoms with Crippen molar-refractivity contribution in [3.05, 3.63) is 63.7 Å². The first-order valence-corrected chi connectivity index (χ1v) is 6.98. The van der Waals surface area contributed by atoms with Gasteiger partial charge in [0.05, 0.1) is 10.5 Å². The maximum absolute atomic E-state index is 13.1. The van der Waals surface area contributed by atoms with Gasteiger partial charge in [-0.1, -0.05) is 0 Å². The number of rotatable bonds is 6. The maximum atomic E-state index is 13.1. The maximum Gasteiger partial charge on any atom is 0.270 e. The summed E-state index contributed by atoms with van der Waals surface area (Å²) in [6.45, 7) is 1.37. The number of carbonyl (C=O) groups is 2. The number of benzene rings is 2. The zero-order chi connectivity index (χ0) is 18.6. The van der Waals surface area contributed by atoms with Crippen molar-refractivity contribution in [2.45, 2.75) is 13.0 Å². The highest BCUT2D eigenvalue weighted by Crippen LogP contribution is 2.24. The van der Waals surface area contributed by atoms with Gasteiger partial charge in [-0.25, -0.2) is 8.78 Å². The molecule has 1 atom stereocenters. The van der Waals surface area contributed by atoms with E-state index in [1.54, 1.807) is 0 Å². The smallest absolute Gasteiger partial charge is 0.270 e. The Hall–Kier alpha value is -3.36. The van der Waals surface area contributed by atoms with Crippen LogP contribution in [0.15, 0.2) is 36.4 Å². The predicted octanol–water partition coefficient (Wildman–Crippen LogP) is 3.09. The molecule has 0 saturated carbocycles. The highest BCUT2D eigenvalue weighted by Gasteiger charge is 2.19. The lowest BCUT2D eigenvalue weighted by Crippen LogP contribution is -2.30. The normalized spacial score (nSPS) is 11.5. The third-order valence-corrected chi connectivity index (χ3v) is 3.19. The fraction of sp³-hybridized carbons (Fsp3) is 0.125. The minimum atomic E-state index is -1.12. The van der Waals surface area contributed by atoms with Crippen LogP contribution in [0, 0.1) is 21.7 Å². The van der Waals surface area contributed by atoms with Crippen molar-refractivity contribution in [2.24, 2.45) is 0 Å². The zero-order valence-electron chi connectivity index (χ0n) is 12.9. The van der Waals surface area contributed by atoms with Crippen molar-refractivity contribution in [3.63, 3.8) is 0 Å². The molecule has 0 fully saturated rings. The summed E-state index contributed by atoms with van der Waals surface area (Å²) in [6.07, 6.45) is -0.740. The second-order valence-electron chi connectivity index (χ2n) is 4.98. The first-order chi connectivity index (χ1) is 11.8. The van der Waals surface area contributed by atoms with E-state index in [-0.39, 0.29) is 22.7 Å². The number of hydrogen-bond donors (Lipinski definition) is 1. The molecule has 0 aliphatic rings. The van der Waals surface area contributed by atoms with Gasteiger partial charge in [-0.05, 0) is 25.1 Å². The number of hydrogen-bond acceptors (Lipinski definition) is 5. The van der Waals surface area contributed by atoms with E-state index in [1.165, 1.54) is 19.1 Å². The van der Waals surface area contributed by atoms with E-state index in [9.17, 15) is 28.5 Å². The highest BCUT2D eigenvalue weighted by atomic mass is 19.2. The van der Waals surface area contributed by atoms with Gasteiger partial charge in [0.2, 0.25) is 0 Å². The van der Waals surface area contributed by atoms with Crippen LogP contribution < -0.4 is 10.1 Å². The molecule has 0 bridgehead atoms. The van der Waals surface area contributed by atoms with E-state index in [0.29, 0.717) is 6.29 Å². The van der Waals surface area contributed by atoms with Gasteiger partial charge in [0.1, 0.15) is 5.75 Å². The lowest BCUT2D eigenvalue weighted by molar-refractivity contribution is -0.384. The minimum absolute atomic E-state index is 0.0199. The lowest BCUT2D eigenvalue weighted by Gasteiger charge is -2.16. The van der Waals surface area contributed by atoms with Crippen LogP contribution in [0.4, 0.5) is 20.2 Å². The Morgan fingerprint density at radius 3 is 2.56 bits per heavy atom. The van der Waals surface area contributed by atoms with Crippen LogP contribution in [0.1, 0.15) is 17.3 Å². The molecule has 1 N–H and O–H groups in total. The van der Waals surface area contributed by atoms with Crippen molar-refractivity contribution in [2.75, 3.05) is 5.32 Å². The average molecular weight is 350 g/mol. The van der Waals surface area contributed by atoms with Crippen LogP contribution in [0.25, 0.3) is 0 Å². The summed E-state index contributed by atoms with van der Waals surface area (Å²) < 4.78 is 31.3. The second-order valence-corrected chi connectivity index (χ2v) is 4.98. The van der Waals surface area contributed by atoms with Crippen molar-refractivity contribution in [3.8, 4) is 5.75 Å². The molecule has 0 aromatic heterocycles. The molecule has 0 saturated heterocycles. The van der Waals surface area contributed by atoms with Gasteiger partial charge < -0.3 is 10.1 Å². The third-order valence-electron chi connectivity index (χ3n) is 3.19. The molecule has 0 heterocycles. The van der Waals surface area contributed by atoms with Crippen molar-refractivity contribution < 1.29 is 28.0 Å². The van der Waals surface area contributed by atoms with Gasteiger partial charge >= 0.3 is 0 Å². The lowest BCUT2D eigenvalue weighted by atomic mass is 10.2. The number of amides is 1. The summed E-state index contributed by atoms with van der Waals surface area (Å²) in [7, 11) is 0. The molecule has 0 spiro atoms. The Balaban J connectivity index is 2.11.